The zero-order valence-corrected chi connectivity index (χ0v) is 13.0. The molecule has 0 saturated carbocycles. The van der Waals surface area contributed by atoms with Crippen LogP contribution < -0.4 is 5.32 Å². The number of nitrogens with one attached hydrogen (secondary N) is 1. The molecule has 0 fully saturated rings. The van der Waals surface area contributed by atoms with Gasteiger partial charge in [-0.3, -0.25) is 0 Å². The van der Waals surface area contributed by atoms with Gasteiger partial charge in [0, 0.05) is 11.1 Å². The Hall–Kier alpha value is -1.38. The van der Waals surface area contributed by atoms with Crippen LogP contribution in [0, 0.1) is 5.82 Å². The van der Waals surface area contributed by atoms with Gasteiger partial charge in [0.2, 0.25) is 0 Å². The van der Waals surface area contributed by atoms with Crippen molar-refractivity contribution in [1.82, 2.24) is 5.32 Å². The van der Waals surface area contributed by atoms with Gasteiger partial charge in [-0.2, -0.15) is 0 Å². The van der Waals surface area contributed by atoms with Crippen molar-refractivity contribution < 1.29 is 4.39 Å². The van der Waals surface area contributed by atoms with Gasteiger partial charge >= 0.3 is 0 Å². The summed E-state index contributed by atoms with van der Waals surface area (Å²) in [5.74, 6) is -0.291. The monoisotopic (exact) mass is 305 g/mol. The van der Waals surface area contributed by atoms with Crippen molar-refractivity contribution in [2.24, 2.45) is 0 Å². The first kappa shape index (κ1) is 16.0. The lowest BCUT2D eigenvalue weighted by Crippen LogP contribution is -2.23. The molecule has 0 aliphatic rings. The van der Waals surface area contributed by atoms with E-state index in [4.69, 9.17) is 11.6 Å². The third-order valence-electron chi connectivity index (χ3n) is 3.54. The summed E-state index contributed by atoms with van der Waals surface area (Å²) in [6.07, 6.45) is 2.96. The van der Waals surface area contributed by atoms with Crippen molar-refractivity contribution >= 4 is 11.6 Å². The molecule has 1 nitrogen and oxygen atoms in total. The second-order valence-electron chi connectivity index (χ2n) is 5.20. The van der Waals surface area contributed by atoms with Crippen LogP contribution in [-0.2, 0) is 6.42 Å². The number of hydrogen-bond acceptors (Lipinski definition) is 1. The molecule has 0 amide bonds. The maximum Gasteiger partial charge on any atom is 0.124 e. The molecule has 2 rings (SSSR count). The molecule has 21 heavy (non-hydrogen) atoms. The molecule has 1 N–H and O–H groups in total. The highest BCUT2D eigenvalue weighted by molar-refractivity contribution is 6.31. The summed E-state index contributed by atoms with van der Waals surface area (Å²) in [6, 6.07) is 15.2. The van der Waals surface area contributed by atoms with Gasteiger partial charge in [0.15, 0.2) is 0 Å². The second-order valence-corrected chi connectivity index (χ2v) is 5.60. The summed E-state index contributed by atoms with van der Waals surface area (Å²) in [7, 11) is 0. The van der Waals surface area contributed by atoms with Crippen LogP contribution in [0.25, 0.3) is 0 Å². The van der Waals surface area contributed by atoms with E-state index >= 15 is 0 Å². The number of rotatable bonds is 7. The number of benzene rings is 2. The van der Waals surface area contributed by atoms with Crippen molar-refractivity contribution in [2.75, 3.05) is 6.54 Å². The molecular formula is C18H21ClFN. The van der Waals surface area contributed by atoms with Crippen molar-refractivity contribution in [1.29, 1.82) is 0 Å². The Morgan fingerprint density at radius 2 is 1.90 bits per heavy atom. The van der Waals surface area contributed by atoms with E-state index in [9.17, 15) is 4.39 Å². The first-order valence-electron chi connectivity index (χ1n) is 7.43. The Kier molecular flexibility index (Phi) is 6.21. The van der Waals surface area contributed by atoms with Crippen molar-refractivity contribution in [3.05, 3.63) is 70.5 Å². The highest BCUT2D eigenvalue weighted by atomic mass is 35.5. The van der Waals surface area contributed by atoms with Gasteiger partial charge in [0.05, 0.1) is 0 Å². The molecule has 1 unspecified atom stereocenters. The summed E-state index contributed by atoms with van der Waals surface area (Å²) in [4.78, 5) is 0. The van der Waals surface area contributed by atoms with Gasteiger partial charge in [-0.05, 0) is 49.1 Å². The Bertz CT molecular complexity index is 556. The first-order chi connectivity index (χ1) is 10.2. The Labute approximate surface area is 131 Å². The molecule has 0 bridgehead atoms. The van der Waals surface area contributed by atoms with E-state index in [-0.39, 0.29) is 11.9 Å². The van der Waals surface area contributed by atoms with E-state index < -0.39 is 0 Å². The van der Waals surface area contributed by atoms with E-state index in [0.717, 1.165) is 31.4 Å². The molecule has 3 heteroatoms. The van der Waals surface area contributed by atoms with Gasteiger partial charge in [-0.15, -0.1) is 0 Å². The lowest BCUT2D eigenvalue weighted by molar-refractivity contribution is 0.498. The van der Waals surface area contributed by atoms with Crippen molar-refractivity contribution in [3.8, 4) is 0 Å². The van der Waals surface area contributed by atoms with Crippen LogP contribution in [0.5, 0.6) is 0 Å². The maximum atomic E-state index is 13.2. The van der Waals surface area contributed by atoms with Crippen LogP contribution in [0.3, 0.4) is 0 Å². The van der Waals surface area contributed by atoms with E-state index in [1.807, 2.05) is 6.07 Å². The lowest BCUT2D eigenvalue weighted by Gasteiger charge is -2.20. The third kappa shape index (κ3) is 4.83. The van der Waals surface area contributed by atoms with E-state index in [2.05, 4.69) is 36.5 Å². The zero-order chi connectivity index (χ0) is 15.1. The topological polar surface area (TPSA) is 12.0 Å². The highest BCUT2D eigenvalue weighted by Gasteiger charge is 2.14. The maximum absolute atomic E-state index is 13.2. The summed E-state index contributed by atoms with van der Waals surface area (Å²) in [5, 5.41) is 4.01. The van der Waals surface area contributed by atoms with Gasteiger partial charge in [0.1, 0.15) is 5.82 Å². The third-order valence-corrected chi connectivity index (χ3v) is 3.87. The number of hydrogen-bond donors (Lipinski definition) is 1. The zero-order valence-electron chi connectivity index (χ0n) is 12.3. The minimum atomic E-state index is -0.291. The molecule has 0 heterocycles. The molecule has 112 valence electrons. The van der Waals surface area contributed by atoms with Gasteiger partial charge in [-0.25, -0.2) is 4.39 Å². The van der Waals surface area contributed by atoms with Crippen molar-refractivity contribution in [3.63, 3.8) is 0 Å². The largest absolute Gasteiger partial charge is 0.310 e. The molecule has 0 aliphatic carbocycles. The van der Waals surface area contributed by atoms with E-state index in [0.29, 0.717) is 5.02 Å². The van der Waals surface area contributed by atoms with Crippen LogP contribution in [0.1, 0.15) is 36.9 Å². The van der Waals surface area contributed by atoms with Gasteiger partial charge in [0.25, 0.3) is 0 Å². The highest BCUT2D eigenvalue weighted by Crippen LogP contribution is 2.27. The van der Waals surface area contributed by atoms with E-state index in [1.165, 1.54) is 17.7 Å². The van der Waals surface area contributed by atoms with Crippen LogP contribution in [0.4, 0.5) is 4.39 Å². The predicted molar refractivity (Wildman–Crippen MR) is 87.2 cm³/mol. The fourth-order valence-corrected chi connectivity index (χ4v) is 2.72. The van der Waals surface area contributed by atoms with Crippen LogP contribution in [0.15, 0.2) is 48.5 Å². The van der Waals surface area contributed by atoms with Gasteiger partial charge in [-0.1, -0.05) is 54.9 Å². The molecule has 2 aromatic carbocycles. The quantitative estimate of drug-likeness (QED) is 0.745. The molecule has 2 aromatic rings. The van der Waals surface area contributed by atoms with Gasteiger partial charge < -0.3 is 5.32 Å². The van der Waals surface area contributed by atoms with E-state index in [1.54, 1.807) is 6.07 Å². The summed E-state index contributed by atoms with van der Waals surface area (Å²) in [6.45, 7) is 3.06. The fourth-order valence-electron chi connectivity index (χ4n) is 2.43. The predicted octanol–water partition coefficient (Wildman–Crippen LogP) is 5.15. The average Bonchev–Trinajstić information content (AvgIpc) is 2.49. The summed E-state index contributed by atoms with van der Waals surface area (Å²) in [5.41, 5.74) is 2.28. The lowest BCUT2D eigenvalue weighted by atomic mass is 9.98. The molecule has 0 radical (unpaired) electrons. The summed E-state index contributed by atoms with van der Waals surface area (Å²) < 4.78 is 13.2. The van der Waals surface area contributed by atoms with Crippen molar-refractivity contribution in [2.45, 2.75) is 32.2 Å². The van der Waals surface area contributed by atoms with Crippen LogP contribution in [0.2, 0.25) is 5.02 Å². The smallest absolute Gasteiger partial charge is 0.124 e. The normalized spacial score (nSPS) is 12.3. The standard InChI is InChI=1S/C18H21ClFN/c1-2-12-21-18(11-8-14-6-4-3-5-7-14)16-10-9-15(20)13-17(16)19/h3-7,9-10,13,18,21H,2,8,11-12H2,1H3. The minimum Gasteiger partial charge on any atom is -0.310 e. The van der Waals surface area contributed by atoms with Crippen LogP contribution >= 0.6 is 11.6 Å². The molecule has 0 spiro atoms. The molecule has 0 aliphatic heterocycles. The SMILES string of the molecule is CCCNC(CCc1ccccc1)c1ccc(F)cc1Cl. The number of halogens is 2. The first-order valence-corrected chi connectivity index (χ1v) is 7.80. The Balaban J connectivity index is 2.10. The fraction of sp³-hybridized carbons (Fsp3) is 0.333. The molecule has 0 aromatic heterocycles. The Morgan fingerprint density at radius 1 is 1.14 bits per heavy atom. The molecular weight excluding hydrogens is 285 g/mol. The molecule has 0 saturated heterocycles. The summed E-state index contributed by atoms with van der Waals surface area (Å²) >= 11 is 6.20. The van der Waals surface area contributed by atoms with Crippen LogP contribution in [-0.4, -0.2) is 6.54 Å². The molecule has 1 atom stereocenters. The Morgan fingerprint density at radius 3 is 2.57 bits per heavy atom. The second kappa shape index (κ2) is 8.16. The number of aryl methyl sites for hydroxylation is 1. The minimum absolute atomic E-state index is 0.151. The average molecular weight is 306 g/mol.